The van der Waals surface area contributed by atoms with Crippen LogP contribution in [0, 0.1) is 0 Å². The van der Waals surface area contributed by atoms with Crippen LogP contribution in [0.3, 0.4) is 0 Å². The van der Waals surface area contributed by atoms with Crippen molar-refractivity contribution in [2.45, 2.75) is 32.5 Å². The van der Waals surface area contributed by atoms with Crippen LogP contribution in [0.2, 0.25) is 5.15 Å². The molecule has 0 unspecified atom stereocenters. The number of nitrogens with zero attached hydrogens (tertiary/aromatic N) is 1. The first-order chi connectivity index (χ1) is 11.2. The molecular formula is C17H19ClN2O3. The van der Waals surface area contributed by atoms with Gasteiger partial charge in [-0.3, -0.25) is 4.79 Å². The van der Waals surface area contributed by atoms with Gasteiger partial charge in [-0.1, -0.05) is 11.6 Å². The molecule has 2 bridgehead atoms. The Bertz CT molecular complexity index is 713. The van der Waals surface area contributed by atoms with E-state index in [4.69, 9.17) is 21.1 Å². The maximum absolute atomic E-state index is 12.3. The largest absolute Gasteiger partial charge is 0.377 e. The molecule has 3 heterocycles. The first-order valence-electron chi connectivity index (χ1n) is 7.76. The average Bonchev–Trinajstić information content (AvgIpc) is 2.54. The predicted molar refractivity (Wildman–Crippen MR) is 88.5 cm³/mol. The molecule has 0 saturated heterocycles. The topological polar surface area (TPSA) is 64.2 Å². The van der Waals surface area contributed by atoms with Crippen molar-refractivity contribution >= 4 is 11.6 Å². The fraction of sp³-hybridized carbons (Fsp3) is 0.412. The summed E-state index contributed by atoms with van der Waals surface area (Å²) >= 11 is 5.84. The van der Waals surface area contributed by atoms with Gasteiger partial charge in [-0.2, -0.15) is 0 Å². The summed E-state index contributed by atoms with van der Waals surface area (Å²) in [5.41, 5.74) is 2.93. The number of pyridine rings is 2. The van der Waals surface area contributed by atoms with Gasteiger partial charge in [0.05, 0.1) is 18.9 Å². The minimum atomic E-state index is -0.143. The molecule has 0 saturated carbocycles. The third-order valence-corrected chi connectivity index (χ3v) is 4.03. The van der Waals surface area contributed by atoms with E-state index in [2.05, 4.69) is 9.97 Å². The molecule has 2 aromatic heterocycles. The lowest BCUT2D eigenvalue weighted by Crippen LogP contribution is -2.17. The molecule has 0 amide bonds. The molecule has 1 aliphatic rings. The number of nitrogens with one attached hydrogen (secondary N) is 1. The summed E-state index contributed by atoms with van der Waals surface area (Å²) in [6, 6.07) is 5.41. The van der Waals surface area contributed by atoms with E-state index in [1.54, 1.807) is 12.3 Å². The van der Waals surface area contributed by atoms with E-state index >= 15 is 0 Å². The molecule has 0 atom stereocenters. The maximum atomic E-state index is 12.3. The summed E-state index contributed by atoms with van der Waals surface area (Å²) in [5, 5.41) is 0.418. The zero-order valence-electron chi connectivity index (χ0n) is 12.8. The van der Waals surface area contributed by atoms with E-state index in [-0.39, 0.29) is 5.56 Å². The quantitative estimate of drug-likeness (QED) is 0.813. The SMILES string of the molecule is O=c1[nH]c(-c2ccc(Cl)nc2)c2cc1COCCCCCOC2. The van der Waals surface area contributed by atoms with Crippen LogP contribution in [-0.4, -0.2) is 23.2 Å². The highest BCUT2D eigenvalue weighted by Crippen LogP contribution is 2.22. The number of aromatic amines is 1. The summed E-state index contributed by atoms with van der Waals surface area (Å²) in [5.74, 6) is 0. The van der Waals surface area contributed by atoms with Gasteiger partial charge in [-0.05, 0) is 37.5 Å². The third-order valence-electron chi connectivity index (χ3n) is 3.81. The smallest absolute Gasteiger partial charge is 0.253 e. The molecule has 0 radical (unpaired) electrons. The first kappa shape index (κ1) is 16.2. The van der Waals surface area contributed by atoms with Crippen LogP contribution in [0.1, 0.15) is 30.4 Å². The van der Waals surface area contributed by atoms with Crippen molar-refractivity contribution in [3.8, 4) is 11.3 Å². The van der Waals surface area contributed by atoms with Crippen LogP contribution < -0.4 is 5.56 Å². The van der Waals surface area contributed by atoms with Crippen LogP contribution >= 0.6 is 11.6 Å². The molecule has 0 spiro atoms. The summed E-state index contributed by atoms with van der Waals surface area (Å²) in [4.78, 5) is 19.3. The fourth-order valence-corrected chi connectivity index (χ4v) is 2.69. The highest BCUT2D eigenvalue weighted by atomic mass is 35.5. The van der Waals surface area contributed by atoms with Crippen LogP contribution in [0.5, 0.6) is 0 Å². The normalized spacial score (nSPS) is 16.4. The molecule has 2 aromatic rings. The van der Waals surface area contributed by atoms with Gasteiger partial charge in [0, 0.05) is 36.1 Å². The number of ether oxygens (including phenoxy) is 2. The number of rotatable bonds is 1. The summed E-state index contributed by atoms with van der Waals surface area (Å²) in [6.07, 6.45) is 4.72. The minimum absolute atomic E-state index is 0.143. The Morgan fingerprint density at radius 2 is 1.78 bits per heavy atom. The van der Waals surface area contributed by atoms with Gasteiger partial charge in [-0.15, -0.1) is 0 Å². The van der Waals surface area contributed by atoms with Gasteiger partial charge < -0.3 is 14.5 Å². The molecule has 1 N–H and O–H groups in total. The Balaban J connectivity index is 1.98. The Morgan fingerprint density at radius 3 is 2.48 bits per heavy atom. The number of halogens is 1. The van der Waals surface area contributed by atoms with Crippen molar-refractivity contribution < 1.29 is 9.47 Å². The lowest BCUT2D eigenvalue weighted by atomic mass is 10.1. The van der Waals surface area contributed by atoms with Crippen molar-refractivity contribution in [3.63, 3.8) is 0 Å². The highest BCUT2D eigenvalue weighted by molar-refractivity contribution is 6.29. The van der Waals surface area contributed by atoms with Crippen molar-refractivity contribution in [1.82, 2.24) is 9.97 Å². The number of hydrogen-bond acceptors (Lipinski definition) is 4. The summed E-state index contributed by atoms with van der Waals surface area (Å²) < 4.78 is 11.4. The molecule has 3 rings (SSSR count). The number of hydrogen-bond donors (Lipinski definition) is 1. The Morgan fingerprint density at radius 1 is 1.04 bits per heavy atom. The van der Waals surface area contributed by atoms with Crippen molar-refractivity contribution in [2.75, 3.05) is 13.2 Å². The average molecular weight is 335 g/mol. The monoisotopic (exact) mass is 334 g/mol. The molecule has 0 fully saturated rings. The molecule has 6 heteroatoms. The lowest BCUT2D eigenvalue weighted by molar-refractivity contribution is 0.0975. The second-order valence-corrected chi connectivity index (χ2v) is 5.95. The van der Waals surface area contributed by atoms with Crippen LogP contribution in [-0.2, 0) is 22.7 Å². The number of fused-ring (bicyclic) bond motifs is 2. The van der Waals surface area contributed by atoms with E-state index in [1.165, 1.54) is 0 Å². The van der Waals surface area contributed by atoms with Gasteiger partial charge in [0.2, 0.25) is 0 Å². The standard InChI is InChI=1S/C17H19ClN2O3/c18-15-5-4-12(9-19-15)16-13-8-14(17(21)20-16)11-23-7-3-1-2-6-22-10-13/h4-5,8-9H,1-3,6-7,10-11H2,(H,20,21). The Labute approximate surface area is 139 Å². The number of aromatic nitrogens is 2. The van der Waals surface area contributed by atoms with Crippen LogP contribution in [0.15, 0.2) is 29.2 Å². The molecule has 1 aliphatic heterocycles. The van der Waals surface area contributed by atoms with Crippen molar-refractivity contribution in [1.29, 1.82) is 0 Å². The van der Waals surface area contributed by atoms with Crippen LogP contribution in [0.25, 0.3) is 11.3 Å². The van der Waals surface area contributed by atoms with Gasteiger partial charge in [0.1, 0.15) is 5.15 Å². The van der Waals surface area contributed by atoms with Crippen molar-refractivity contribution in [3.05, 3.63) is 51.0 Å². The molecule has 5 nitrogen and oxygen atoms in total. The van der Waals surface area contributed by atoms with E-state index in [9.17, 15) is 4.79 Å². The van der Waals surface area contributed by atoms with E-state index in [0.717, 1.165) is 36.1 Å². The zero-order chi connectivity index (χ0) is 16.1. The molecule has 0 aliphatic carbocycles. The van der Waals surface area contributed by atoms with Gasteiger partial charge >= 0.3 is 0 Å². The summed E-state index contributed by atoms with van der Waals surface area (Å²) in [7, 11) is 0. The second-order valence-electron chi connectivity index (χ2n) is 5.56. The third kappa shape index (κ3) is 4.19. The molecule has 23 heavy (non-hydrogen) atoms. The Kier molecular flexibility index (Phi) is 5.43. The van der Waals surface area contributed by atoms with Gasteiger partial charge in [0.25, 0.3) is 5.56 Å². The van der Waals surface area contributed by atoms with E-state index in [1.807, 2.05) is 12.1 Å². The summed E-state index contributed by atoms with van der Waals surface area (Å²) in [6.45, 7) is 2.13. The fourth-order valence-electron chi connectivity index (χ4n) is 2.57. The predicted octanol–water partition coefficient (Wildman–Crippen LogP) is 3.31. The minimum Gasteiger partial charge on any atom is -0.377 e. The highest BCUT2D eigenvalue weighted by Gasteiger charge is 2.12. The Hall–Kier alpha value is -1.69. The molecular weight excluding hydrogens is 316 g/mol. The maximum Gasteiger partial charge on any atom is 0.253 e. The van der Waals surface area contributed by atoms with Crippen molar-refractivity contribution in [2.24, 2.45) is 0 Å². The lowest BCUT2D eigenvalue weighted by Gasteiger charge is -2.14. The molecule has 0 aromatic carbocycles. The number of H-pyrrole nitrogens is 1. The van der Waals surface area contributed by atoms with Crippen LogP contribution in [0.4, 0.5) is 0 Å². The van der Waals surface area contributed by atoms with E-state index < -0.39 is 0 Å². The second kappa shape index (κ2) is 7.73. The van der Waals surface area contributed by atoms with Gasteiger partial charge in [-0.25, -0.2) is 4.98 Å². The first-order valence-corrected chi connectivity index (χ1v) is 8.14. The van der Waals surface area contributed by atoms with Gasteiger partial charge in [0.15, 0.2) is 0 Å². The molecule has 122 valence electrons. The van der Waals surface area contributed by atoms with E-state index in [0.29, 0.717) is 37.1 Å². The zero-order valence-corrected chi connectivity index (χ0v) is 13.6.